The number of halogens is 2. The summed E-state index contributed by atoms with van der Waals surface area (Å²) in [5.74, 6) is -0.458. The molecule has 4 heteroatoms. The van der Waals surface area contributed by atoms with Crippen molar-refractivity contribution < 1.29 is 45.4 Å². The van der Waals surface area contributed by atoms with Gasteiger partial charge >= 0.3 is 121 Å². The summed E-state index contributed by atoms with van der Waals surface area (Å²) in [5, 5.41) is 0. The molecule has 0 atom stereocenters. The second kappa shape index (κ2) is 9.60. The first-order valence-corrected chi connectivity index (χ1v) is 19.3. The third-order valence-corrected chi connectivity index (χ3v) is 38.1. The van der Waals surface area contributed by atoms with Crippen molar-refractivity contribution in [3.63, 3.8) is 0 Å². The fourth-order valence-electron chi connectivity index (χ4n) is 3.13. The van der Waals surface area contributed by atoms with E-state index in [1.54, 1.807) is 0 Å². The zero-order chi connectivity index (χ0) is 13.1. The Morgan fingerprint density at radius 3 is 1.55 bits per heavy atom. The van der Waals surface area contributed by atoms with Crippen LogP contribution in [0.4, 0.5) is 0 Å². The molecule has 0 aromatic heterocycles. The van der Waals surface area contributed by atoms with E-state index in [0.29, 0.717) is 0 Å². The van der Waals surface area contributed by atoms with Gasteiger partial charge in [0.15, 0.2) is 0 Å². The van der Waals surface area contributed by atoms with Crippen LogP contribution in [-0.2, 0) is 20.6 Å². The van der Waals surface area contributed by atoms with Gasteiger partial charge in [-0.25, -0.2) is 0 Å². The predicted octanol–water partition coefficient (Wildman–Crippen LogP) is -1.16. The molecule has 20 heavy (non-hydrogen) atoms. The maximum atomic E-state index is 2.56. The molecule has 0 heterocycles. The fourth-order valence-corrected chi connectivity index (χ4v) is 35.5. The first kappa shape index (κ1) is 20.6. The first-order valence-electron chi connectivity index (χ1n) is 7.28. The average molecular weight is 495 g/mol. The molecule has 0 spiro atoms. The maximum Gasteiger partial charge on any atom is -1.00 e. The van der Waals surface area contributed by atoms with Crippen LogP contribution in [0.5, 0.6) is 0 Å². The van der Waals surface area contributed by atoms with Gasteiger partial charge in [-0.15, -0.1) is 0 Å². The Kier molecular flexibility index (Phi) is 9.91. The van der Waals surface area contributed by atoms with Gasteiger partial charge in [-0.05, 0) is 0 Å². The van der Waals surface area contributed by atoms with Crippen LogP contribution in [0.1, 0.15) is 40.5 Å². The molecule has 0 saturated carbocycles. The normalized spacial score (nSPS) is 16.9. The van der Waals surface area contributed by atoms with Crippen molar-refractivity contribution in [2.24, 2.45) is 0 Å². The van der Waals surface area contributed by atoms with Crippen molar-refractivity contribution in [2.75, 3.05) is 0 Å². The van der Waals surface area contributed by atoms with E-state index in [1.165, 1.54) is 36.1 Å². The van der Waals surface area contributed by atoms with E-state index in [0.717, 1.165) is 0 Å². The van der Waals surface area contributed by atoms with E-state index in [9.17, 15) is 0 Å². The summed E-state index contributed by atoms with van der Waals surface area (Å²) in [6.07, 6.45) is 12.6. The molecule has 0 N–H and O–H groups in total. The van der Waals surface area contributed by atoms with Crippen molar-refractivity contribution in [1.29, 1.82) is 0 Å². The van der Waals surface area contributed by atoms with E-state index >= 15 is 0 Å². The zero-order valence-electron chi connectivity index (χ0n) is 13.0. The Balaban J connectivity index is 0.00000180. The molecule has 2 aliphatic carbocycles. The molecule has 0 nitrogen and oxygen atoms in total. The first-order chi connectivity index (χ1) is 8.65. The van der Waals surface area contributed by atoms with Gasteiger partial charge in [0.2, 0.25) is 0 Å². The molecule has 0 aliphatic heterocycles. The Morgan fingerprint density at radius 1 is 0.900 bits per heavy atom. The van der Waals surface area contributed by atoms with Gasteiger partial charge in [0, 0.05) is 0 Å². The van der Waals surface area contributed by atoms with Crippen LogP contribution >= 0.6 is 0 Å². The van der Waals surface area contributed by atoms with Gasteiger partial charge < -0.3 is 24.8 Å². The maximum absolute atomic E-state index is 2.56. The molecule has 2 rings (SSSR count). The van der Waals surface area contributed by atoms with E-state index in [1.807, 2.05) is 6.66 Å². The molecule has 0 aromatic carbocycles. The minimum absolute atomic E-state index is 0. The van der Waals surface area contributed by atoms with Crippen LogP contribution in [-0.4, -0.2) is 5.98 Å². The minimum Gasteiger partial charge on any atom is -1.00 e. The molecule has 0 bridgehead atoms. The van der Waals surface area contributed by atoms with E-state index in [4.69, 9.17) is 0 Å². The van der Waals surface area contributed by atoms with Gasteiger partial charge in [0.25, 0.3) is 0 Å². The van der Waals surface area contributed by atoms with Gasteiger partial charge in [-0.2, -0.15) is 0 Å². The molecule has 0 radical (unpaired) electrons. The number of hydrogen-bond donors (Lipinski definition) is 0. The quantitative estimate of drug-likeness (QED) is 0.423. The Hall–Kier alpha value is 0.627. The number of hydrogen-bond acceptors (Lipinski definition) is 0. The van der Waals surface area contributed by atoms with Gasteiger partial charge in [-0.3, -0.25) is 0 Å². The predicted molar refractivity (Wildman–Crippen MR) is 81.0 cm³/mol. The molecule has 0 amide bonds. The smallest absolute Gasteiger partial charge is 1.00 e. The molecule has 0 saturated heterocycles. The third kappa shape index (κ3) is 4.83. The molecule has 0 aromatic rings. The molecular formula is C16H25Cl2HfSi. The largest absolute Gasteiger partial charge is 1.00 e. The zero-order valence-corrected chi connectivity index (χ0v) is 19.2. The van der Waals surface area contributed by atoms with Crippen LogP contribution in [0.2, 0.25) is 12.1 Å². The summed E-state index contributed by atoms with van der Waals surface area (Å²) >= 11 is -1.62. The summed E-state index contributed by atoms with van der Waals surface area (Å²) < 4.78 is 3.85. The Morgan fingerprint density at radius 2 is 1.30 bits per heavy atom. The van der Waals surface area contributed by atoms with Crippen molar-refractivity contribution >= 4 is 5.98 Å². The summed E-state index contributed by atoms with van der Waals surface area (Å²) in [6, 6.07) is 3.04. The van der Waals surface area contributed by atoms with Crippen molar-refractivity contribution in [3.8, 4) is 0 Å². The van der Waals surface area contributed by atoms with Crippen LogP contribution in [0, 0.1) is 0 Å². The van der Waals surface area contributed by atoms with Crippen molar-refractivity contribution in [1.82, 2.24) is 0 Å². The summed E-state index contributed by atoms with van der Waals surface area (Å²) in [4.78, 5) is 0. The van der Waals surface area contributed by atoms with Crippen molar-refractivity contribution in [3.05, 3.63) is 42.1 Å². The monoisotopic (exact) mass is 495 g/mol. The molecule has 0 fully saturated rings. The van der Waals surface area contributed by atoms with Gasteiger partial charge in [-0.1, -0.05) is 0 Å². The minimum atomic E-state index is -1.62. The molecule has 2 aliphatic rings. The van der Waals surface area contributed by atoms with Crippen LogP contribution in [0.25, 0.3) is 0 Å². The topological polar surface area (TPSA) is 0 Å². The van der Waals surface area contributed by atoms with E-state index in [-0.39, 0.29) is 24.8 Å². The standard InChI is InChI=1S/2C6H7.C4H11Si.2ClH.Hf/c2*1-6-4-2-3-5-6;1-3-5-4-2;;;/h2*4-5H,2H2,1H3;5H,3-4H2,1-2H3;2*1H;/q;;;;;+2/p-2. The number of rotatable bonds is 5. The Labute approximate surface area is 145 Å². The van der Waals surface area contributed by atoms with Crippen molar-refractivity contribution in [2.45, 2.75) is 52.6 Å². The van der Waals surface area contributed by atoms with E-state index < -0.39 is 26.6 Å². The Bertz CT molecular complexity index is 409. The number of allylic oxidation sites excluding steroid dienone is 8. The summed E-state index contributed by atoms with van der Waals surface area (Å²) in [6.45, 7) is 9.46. The second-order valence-electron chi connectivity index (χ2n) is 5.57. The molecule has 111 valence electrons. The second-order valence-corrected chi connectivity index (χ2v) is 29.7. The summed E-state index contributed by atoms with van der Waals surface area (Å²) in [7, 11) is 0. The summed E-state index contributed by atoms with van der Waals surface area (Å²) in [5.41, 5.74) is 3.05. The third-order valence-electron chi connectivity index (χ3n) is 4.18. The van der Waals surface area contributed by atoms with Crippen LogP contribution in [0.15, 0.2) is 42.1 Å². The fraction of sp³-hybridized carbons (Fsp3) is 0.500. The van der Waals surface area contributed by atoms with Crippen LogP contribution < -0.4 is 24.8 Å². The molecule has 0 unspecified atom stereocenters. The van der Waals surface area contributed by atoms with Gasteiger partial charge in [0.05, 0.1) is 0 Å². The molecular weight excluding hydrogens is 470 g/mol. The van der Waals surface area contributed by atoms with Gasteiger partial charge in [0.1, 0.15) is 0 Å². The SMILES string of the molecule is CC[SiH](CC)[Hf+2]([C]1=CC(C)=CC1)[C]1=CC(C)=CC1.[Cl-].[Cl-]. The van der Waals surface area contributed by atoms with E-state index in [2.05, 4.69) is 52.0 Å². The van der Waals surface area contributed by atoms with Crippen LogP contribution in [0.3, 0.4) is 0 Å². The average Bonchev–Trinajstić information content (AvgIpc) is 2.95.